The van der Waals surface area contributed by atoms with Crippen molar-refractivity contribution in [3.8, 4) is 34.6 Å². The van der Waals surface area contributed by atoms with Gasteiger partial charge in [0.1, 0.15) is 5.82 Å². The predicted octanol–water partition coefficient (Wildman–Crippen LogP) is 7.80. The zero-order valence-corrected chi connectivity index (χ0v) is 23.9. The van der Waals surface area contributed by atoms with Crippen molar-refractivity contribution in [1.82, 2.24) is 14.5 Å². The summed E-state index contributed by atoms with van der Waals surface area (Å²) >= 11 is 0. The van der Waals surface area contributed by atoms with Gasteiger partial charge >= 0.3 is 21.1 Å². The summed E-state index contributed by atoms with van der Waals surface area (Å²) in [6.45, 7) is 6.54. The average Bonchev–Trinajstić information content (AvgIpc) is 3.27. The molecule has 0 aliphatic heterocycles. The van der Waals surface area contributed by atoms with Crippen LogP contribution in [-0.2, 0) is 26.5 Å². The van der Waals surface area contributed by atoms with Crippen molar-refractivity contribution in [2.75, 3.05) is 0 Å². The largest absolute Gasteiger partial charge is 2.00 e. The maximum absolute atomic E-state index is 10.1. The van der Waals surface area contributed by atoms with Gasteiger partial charge in [-0.3, -0.25) is 0 Å². The fourth-order valence-corrected chi connectivity index (χ4v) is 4.67. The zero-order valence-electron chi connectivity index (χ0n) is 21.7. The molecule has 6 aromatic rings. The molecule has 3 heterocycles. The van der Waals surface area contributed by atoms with Crippen molar-refractivity contribution in [2.24, 2.45) is 0 Å². The smallest absolute Gasteiger partial charge is 0.503 e. The molecule has 3 aromatic carbocycles. The number of ether oxygens (including phenoxy) is 1. The van der Waals surface area contributed by atoms with Crippen molar-refractivity contribution in [3.05, 3.63) is 115 Å². The normalized spacial score (nSPS) is 11.2. The van der Waals surface area contributed by atoms with Gasteiger partial charge in [0, 0.05) is 29.4 Å². The first-order valence-electron chi connectivity index (χ1n) is 12.4. The van der Waals surface area contributed by atoms with Crippen LogP contribution in [0, 0.1) is 23.5 Å². The van der Waals surface area contributed by atoms with Crippen molar-refractivity contribution in [1.29, 1.82) is 5.26 Å². The molecule has 0 atom stereocenters. The van der Waals surface area contributed by atoms with E-state index in [2.05, 4.69) is 54.6 Å². The summed E-state index contributed by atoms with van der Waals surface area (Å²) < 4.78 is 8.29. The fraction of sp³-hybridized carbons (Fsp3) is 0.121. The summed E-state index contributed by atoms with van der Waals surface area (Å²) in [5, 5.41) is 11.9. The first-order valence-corrected chi connectivity index (χ1v) is 12.4. The summed E-state index contributed by atoms with van der Waals surface area (Å²) in [6.07, 6.45) is 3.58. The molecule has 39 heavy (non-hydrogen) atoms. The van der Waals surface area contributed by atoms with E-state index >= 15 is 0 Å². The number of aromatic nitrogens is 3. The van der Waals surface area contributed by atoms with E-state index in [1.807, 2.05) is 72.9 Å². The Hall–Kier alpha value is -4.26. The van der Waals surface area contributed by atoms with Crippen LogP contribution in [0.15, 0.2) is 91.3 Å². The Bertz CT molecular complexity index is 1850. The number of pyridine rings is 2. The molecule has 0 saturated heterocycles. The molecule has 0 N–H and O–H groups in total. The second kappa shape index (κ2) is 10.5. The van der Waals surface area contributed by atoms with Crippen molar-refractivity contribution in [2.45, 2.75) is 26.2 Å². The van der Waals surface area contributed by atoms with Gasteiger partial charge in [0.2, 0.25) is 0 Å². The monoisotopic (exact) mass is 687 g/mol. The summed E-state index contributed by atoms with van der Waals surface area (Å²) in [7, 11) is 0. The minimum atomic E-state index is -0.0410. The minimum absolute atomic E-state index is 0. The van der Waals surface area contributed by atoms with Gasteiger partial charge in [-0.25, -0.2) is 4.98 Å². The molecule has 0 aliphatic rings. The zero-order chi connectivity index (χ0) is 26.3. The van der Waals surface area contributed by atoms with E-state index in [-0.39, 0.29) is 26.5 Å². The molecule has 0 saturated carbocycles. The van der Waals surface area contributed by atoms with Crippen LogP contribution in [0.25, 0.3) is 38.9 Å². The summed E-state index contributed by atoms with van der Waals surface area (Å²) in [5.41, 5.74) is 4.95. The van der Waals surface area contributed by atoms with E-state index < -0.39 is 0 Å². The van der Waals surface area contributed by atoms with Crippen LogP contribution in [0.5, 0.6) is 11.5 Å². The summed E-state index contributed by atoms with van der Waals surface area (Å²) in [5.74, 6) is 1.72. The number of nitrogens with zero attached hydrogens (tertiary/aromatic N) is 4. The van der Waals surface area contributed by atoms with Crippen LogP contribution in [0.1, 0.15) is 31.9 Å². The van der Waals surface area contributed by atoms with Crippen LogP contribution in [0.3, 0.4) is 0 Å². The van der Waals surface area contributed by atoms with Crippen LogP contribution in [0.2, 0.25) is 0 Å². The minimum Gasteiger partial charge on any atom is -0.503 e. The van der Waals surface area contributed by atoms with Gasteiger partial charge in [-0.2, -0.15) is 5.26 Å². The molecule has 0 radical (unpaired) electrons. The molecule has 192 valence electrons. The Labute approximate surface area is 242 Å². The number of rotatable bonds is 4. The molecule has 0 spiro atoms. The van der Waals surface area contributed by atoms with Gasteiger partial charge in [-0.05, 0) is 51.9 Å². The maximum atomic E-state index is 10.1. The average molecular weight is 688 g/mol. The van der Waals surface area contributed by atoms with Crippen LogP contribution in [-0.4, -0.2) is 14.5 Å². The summed E-state index contributed by atoms with van der Waals surface area (Å²) in [6, 6.07) is 34.4. The van der Waals surface area contributed by atoms with E-state index in [9.17, 15) is 5.26 Å². The SMILES string of the molecule is CC(C)(C)c1ccnc(-n2c3[c-]c(Oc4[c-]c(-c5ccccn5)ccc4)cc(C#N)c3c3ccccc32)c1.[Pt+2]. The molecule has 0 amide bonds. The van der Waals surface area contributed by atoms with E-state index in [1.54, 1.807) is 12.3 Å². The first-order chi connectivity index (χ1) is 18.4. The quantitative estimate of drug-likeness (QED) is 0.178. The second-order valence-corrected chi connectivity index (χ2v) is 10.1. The van der Waals surface area contributed by atoms with Gasteiger partial charge < -0.3 is 14.3 Å². The topological polar surface area (TPSA) is 63.7 Å². The fourth-order valence-electron chi connectivity index (χ4n) is 4.67. The van der Waals surface area contributed by atoms with Crippen LogP contribution in [0.4, 0.5) is 0 Å². The molecule has 0 unspecified atom stereocenters. The molecule has 3 aromatic heterocycles. The van der Waals surface area contributed by atoms with Crippen LogP contribution < -0.4 is 4.74 Å². The van der Waals surface area contributed by atoms with Crippen LogP contribution >= 0.6 is 0 Å². The Morgan fingerprint density at radius 3 is 2.44 bits per heavy atom. The van der Waals surface area contributed by atoms with E-state index in [1.165, 1.54) is 5.56 Å². The van der Waals surface area contributed by atoms with Gasteiger partial charge in [0.25, 0.3) is 0 Å². The van der Waals surface area contributed by atoms with Crippen molar-refractivity contribution >= 4 is 21.8 Å². The molecule has 6 rings (SSSR count). The Morgan fingerprint density at radius 1 is 0.846 bits per heavy atom. The Kier molecular flexibility index (Phi) is 7.08. The molecular weight excluding hydrogens is 663 g/mol. The molecule has 5 nitrogen and oxygen atoms in total. The van der Waals surface area contributed by atoms with Gasteiger partial charge in [0.05, 0.1) is 6.07 Å². The van der Waals surface area contributed by atoms with Gasteiger partial charge in [-0.1, -0.05) is 68.1 Å². The molecule has 6 heteroatoms. The third-order valence-corrected chi connectivity index (χ3v) is 6.55. The summed E-state index contributed by atoms with van der Waals surface area (Å²) in [4.78, 5) is 9.13. The van der Waals surface area contributed by atoms with E-state index in [4.69, 9.17) is 9.72 Å². The molecule has 0 fully saturated rings. The van der Waals surface area contributed by atoms with E-state index in [0.29, 0.717) is 17.1 Å². The number of hydrogen-bond donors (Lipinski definition) is 0. The number of para-hydroxylation sites is 1. The maximum Gasteiger partial charge on any atom is 2.00 e. The third-order valence-electron chi connectivity index (χ3n) is 6.55. The van der Waals surface area contributed by atoms with E-state index in [0.717, 1.165) is 38.9 Å². The second-order valence-electron chi connectivity index (χ2n) is 10.1. The number of fused-ring (bicyclic) bond motifs is 3. The Morgan fingerprint density at radius 2 is 1.67 bits per heavy atom. The standard InChI is InChI=1S/C33H24N4O.Pt/c1-33(2,3)24-14-16-36-31(19-24)37-29-13-5-4-11-27(29)32-23(21-34)18-26(20-30(32)37)38-25-10-8-9-22(17-25)28-12-6-7-15-35-28;/h4-16,18-19H,1-3H3;/q-2;+2. The number of nitriles is 1. The number of benzene rings is 3. The third kappa shape index (κ3) is 4.96. The Balaban J connectivity index is 0.00000308. The van der Waals surface area contributed by atoms with Gasteiger partial charge in [0.15, 0.2) is 0 Å². The molecular formula is C33H24N4OPt. The number of hydrogen-bond acceptors (Lipinski definition) is 4. The van der Waals surface area contributed by atoms with Gasteiger partial charge in [-0.15, -0.1) is 35.9 Å². The van der Waals surface area contributed by atoms with Crippen molar-refractivity contribution < 1.29 is 25.8 Å². The van der Waals surface area contributed by atoms with Crippen molar-refractivity contribution in [3.63, 3.8) is 0 Å². The first kappa shape index (κ1) is 26.3. The molecule has 0 bridgehead atoms. The predicted molar refractivity (Wildman–Crippen MR) is 149 cm³/mol. The molecule has 0 aliphatic carbocycles.